The molecule has 0 heterocycles. The molecule has 0 radical (unpaired) electrons. The highest BCUT2D eigenvalue weighted by atomic mass is 16.5. The van der Waals surface area contributed by atoms with Crippen molar-refractivity contribution in [3.8, 4) is 5.75 Å². The topological polar surface area (TPSA) is 38.3 Å². The van der Waals surface area contributed by atoms with Crippen molar-refractivity contribution in [1.82, 2.24) is 5.32 Å². The largest absolute Gasteiger partial charge is 0.496 e. The van der Waals surface area contributed by atoms with Gasteiger partial charge in [0.15, 0.2) is 0 Å². The summed E-state index contributed by atoms with van der Waals surface area (Å²) in [5.74, 6) is 0.645. The third kappa shape index (κ3) is 4.39. The van der Waals surface area contributed by atoms with Crippen molar-refractivity contribution >= 4 is 17.6 Å². The first-order chi connectivity index (χ1) is 12.8. The zero-order valence-electron chi connectivity index (χ0n) is 14.7. The summed E-state index contributed by atoms with van der Waals surface area (Å²) in [7, 11) is 1.63. The predicted octanol–water partition coefficient (Wildman–Crippen LogP) is 4.55. The summed E-state index contributed by atoms with van der Waals surface area (Å²) in [6.45, 7) is 0.405. The number of nitrogens with one attached hydrogen (secondary N) is 1. The number of amides is 1. The lowest BCUT2D eigenvalue weighted by molar-refractivity contribution is -0.115. The molecule has 0 aliphatic carbocycles. The maximum atomic E-state index is 12.9. The van der Waals surface area contributed by atoms with Gasteiger partial charge in [0.05, 0.1) is 7.11 Å². The molecule has 0 aliphatic rings. The van der Waals surface area contributed by atoms with Gasteiger partial charge < -0.3 is 10.1 Å². The maximum Gasteiger partial charge on any atom is 0.252 e. The average molecular weight is 343 g/mol. The van der Waals surface area contributed by atoms with E-state index in [0.717, 1.165) is 22.4 Å². The minimum Gasteiger partial charge on any atom is -0.496 e. The summed E-state index contributed by atoms with van der Waals surface area (Å²) in [6, 6.07) is 27.2. The van der Waals surface area contributed by atoms with E-state index < -0.39 is 0 Å². The standard InChI is InChI=1S/C23H21NO2/c1-26-22-15-9-8-14-20(22)17-24-23(25)21(19-12-6-3-7-13-19)16-18-10-4-2-5-11-18/h2-16H,17H2,1H3,(H,24,25)/b21-16-. The van der Waals surface area contributed by atoms with Crippen LogP contribution in [0.4, 0.5) is 0 Å². The number of hydrogen-bond acceptors (Lipinski definition) is 2. The van der Waals surface area contributed by atoms with Crippen LogP contribution in [-0.4, -0.2) is 13.0 Å². The fraction of sp³-hybridized carbons (Fsp3) is 0.0870. The molecule has 0 saturated carbocycles. The SMILES string of the molecule is COc1ccccc1CNC(=O)/C(=C\c1ccccc1)c1ccccc1. The van der Waals surface area contributed by atoms with Crippen molar-refractivity contribution < 1.29 is 9.53 Å². The number of carbonyl (C=O) groups is 1. The lowest BCUT2D eigenvalue weighted by Crippen LogP contribution is -2.24. The van der Waals surface area contributed by atoms with E-state index in [4.69, 9.17) is 4.74 Å². The van der Waals surface area contributed by atoms with E-state index >= 15 is 0 Å². The van der Waals surface area contributed by atoms with Crippen LogP contribution in [0.2, 0.25) is 0 Å². The molecule has 130 valence electrons. The zero-order chi connectivity index (χ0) is 18.2. The Morgan fingerprint density at radius 1 is 0.885 bits per heavy atom. The lowest BCUT2D eigenvalue weighted by atomic mass is 10.0. The van der Waals surface area contributed by atoms with Crippen molar-refractivity contribution in [2.45, 2.75) is 6.54 Å². The molecule has 0 unspecified atom stereocenters. The fourth-order valence-electron chi connectivity index (χ4n) is 2.73. The van der Waals surface area contributed by atoms with E-state index in [2.05, 4.69) is 5.32 Å². The molecule has 0 atom stereocenters. The van der Waals surface area contributed by atoms with Gasteiger partial charge in [-0.05, 0) is 23.3 Å². The van der Waals surface area contributed by atoms with E-state index in [9.17, 15) is 4.79 Å². The minimum absolute atomic E-state index is 0.119. The Morgan fingerprint density at radius 3 is 2.19 bits per heavy atom. The normalized spacial score (nSPS) is 11.0. The van der Waals surface area contributed by atoms with Crippen LogP contribution in [0.1, 0.15) is 16.7 Å². The van der Waals surface area contributed by atoms with Gasteiger partial charge in [-0.3, -0.25) is 4.79 Å². The number of para-hydroxylation sites is 1. The van der Waals surface area contributed by atoms with Crippen LogP contribution >= 0.6 is 0 Å². The first-order valence-corrected chi connectivity index (χ1v) is 8.50. The van der Waals surface area contributed by atoms with Gasteiger partial charge in [0, 0.05) is 17.7 Å². The van der Waals surface area contributed by atoms with Gasteiger partial charge in [-0.25, -0.2) is 0 Å². The highest BCUT2D eigenvalue weighted by Gasteiger charge is 2.12. The smallest absolute Gasteiger partial charge is 0.252 e. The van der Waals surface area contributed by atoms with Crippen molar-refractivity contribution in [2.24, 2.45) is 0 Å². The number of carbonyl (C=O) groups excluding carboxylic acids is 1. The first-order valence-electron chi connectivity index (χ1n) is 8.50. The maximum absolute atomic E-state index is 12.9. The van der Waals surface area contributed by atoms with E-state index in [0.29, 0.717) is 12.1 Å². The second-order valence-corrected chi connectivity index (χ2v) is 5.83. The van der Waals surface area contributed by atoms with Crippen LogP contribution in [0.5, 0.6) is 5.75 Å². The van der Waals surface area contributed by atoms with E-state index in [1.54, 1.807) is 7.11 Å². The van der Waals surface area contributed by atoms with Crippen molar-refractivity contribution in [3.63, 3.8) is 0 Å². The highest BCUT2D eigenvalue weighted by molar-refractivity contribution is 6.24. The summed E-state index contributed by atoms with van der Waals surface area (Å²) in [5.41, 5.74) is 3.44. The molecule has 0 saturated heterocycles. The molecule has 0 aliphatic heterocycles. The van der Waals surface area contributed by atoms with Crippen molar-refractivity contribution in [3.05, 3.63) is 102 Å². The number of hydrogen-bond donors (Lipinski definition) is 1. The van der Waals surface area contributed by atoms with E-state index in [-0.39, 0.29) is 5.91 Å². The number of ether oxygens (including phenoxy) is 1. The summed E-state index contributed by atoms with van der Waals surface area (Å²) in [4.78, 5) is 12.9. The second kappa shape index (κ2) is 8.67. The molecule has 3 rings (SSSR count). The number of rotatable bonds is 6. The molecular weight excluding hydrogens is 322 g/mol. The van der Waals surface area contributed by atoms with Crippen LogP contribution in [0.25, 0.3) is 11.6 Å². The summed E-state index contributed by atoms with van der Waals surface area (Å²) < 4.78 is 5.35. The van der Waals surface area contributed by atoms with Gasteiger partial charge in [0.25, 0.3) is 5.91 Å². The molecule has 1 N–H and O–H groups in total. The Labute approximate surface area is 154 Å². The molecule has 0 spiro atoms. The zero-order valence-corrected chi connectivity index (χ0v) is 14.7. The van der Waals surface area contributed by atoms with Crippen LogP contribution in [0.15, 0.2) is 84.9 Å². The molecule has 0 aromatic heterocycles. The van der Waals surface area contributed by atoms with Crippen LogP contribution in [-0.2, 0) is 11.3 Å². The molecule has 1 amide bonds. The van der Waals surface area contributed by atoms with Gasteiger partial charge in [-0.2, -0.15) is 0 Å². The Kier molecular flexibility index (Phi) is 5.84. The fourth-order valence-corrected chi connectivity index (χ4v) is 2.73. The monoisotopic (exact) mass is 343 g/mol. The molecule has 3 aromatic carbocycles. The van der Waals surface area contributed by atoms with Gasteiger partial charge in [-0.15, -0.1) is 0 Å². The van der Waals surface area contributed by atoms with Crippen LogP contribution in [0.3, 0.4) is 0 Å². The van der Waals surface area contributed by atoms with E-state index in [1.807, 2.05) is 91.0 Å². The molecule has 26 heavy (non-hydrogen) atoms. The van der Waals surface area contributed by atoms with Crippen LogP contribution in [0, 0.1) is 0 Å². The minimum atomic E-state index is -0.119. The summed E-state index contributed by atoms with van der Waals surface area (Å²) >= 11 is 0. The van der Waals surface area contributed by atoms with Gasteiger partial charge in [0.2, 0.25) is 0 Å². The average Bonchev–Trinajstić information content (AvgIpc) is 2.72. The van der Waals surface area contributed by atoms with Gasteiger partial charge in [0.1, 0.15) is 5.75 Å². The van der Waals surface area contributed by atoms with Crippen LogP contribution < -0.4 is 10.1 Å². The van der Waals surface area contributed by atoms with Gasteiger partial charge in [-0.1, -0.05) is 78.9 Å². The second-order valence-electron chi connectivity index (χ2n) is 5.83. The Hall–Kier alpha value is -3.33. The quantitative estimate of drug-likeness (QED) is 0.527. The highest BCUT2D eigenvalue weighted by Crippen LogP contribution is 2.20. The molecule has 3 heteroatoms. The first kappa shape index (κ1) is 17.5. The molecule has 0 bridgehead atoms. The van der Waals surface area contributed by atoms with Crippen molar-refractivity contribution in [1.29, 1.82) is 0 Å². The Balaban J connectivity index is 1.85. The lowest BCUT2D eigenvalue weighted by Gasteiger charge is -2.12. The summed E-state index contributed by atoms with van der Waals surface area (Å²) in [6.07, 6.45) is 1.91. The molecule has 3 nitrogen and oxygen atoms in total. The summed E-state index contributed by atoms with van der Waals surface area (Å²) in [5, 5.41) is 3.01. The predicted molar refractivity (Wildman–Crippen MR) is 106 cm³/mol. The van der Waals surface area contributed by atoms with Crippen molar-refractivity contribution in [2.75, 3.05) is 7.11 Å². The molecular formula is C23H21NO2. The Morgan fingerprint density at radius 2 is 1.50 bits per heavy atom. The molecule has 0 fully saturated rings. The number of benzene rings is 3. The Bertz CT molecular complexity index is 886. The molecule has 3 aromatic rings. The van der Waals surface area contributed by atoms with Gasteiger partial charge >= 0.3 is 0 Å². The third-order valence-electron chi connectivity index (χ3n) is 4.07. The number of methoxy groups -OCH3 is 1. The third-order valence-corrected chi connectivity index (χ3v) is 4.07. The van der Waals surface area contributed by atoms with E-state index in [1.165, 1.54) is 0 Å².